The van der Waals surface area contributed by atoms with Gasteiger partial charge in [0.05, 0.1) is 23.9 Å². The molecular formula is C19H19N3O3S. The number of nitrogens with zero attached hydrogens (tertiary/aromatic N) is 2. The van der Waals surface area contributed by atoms with Crippen molar-refractivity contribution in [1.29, 1.82) is 0 Å². The smallest absolute Gasteiger partial charge is 0.257 e. The number of nitrogens with one attached hydrogen (secondary N) is 1. The molecule has 0 saturated carbocycles. The molecule has 0 aliphatic rings. The van der Waals surface area contributed by atoms with Crippen molar-refractivity contribution in [2.45, 2.75) is 11.4 Å². The molecule has 0 radical (unpaired) electrons. The molecule has 134 valence electrons. The summed E-state index contributed by atoms with van der Waals surface area (Å²) in [5, 5.41) is 3.23. The standard InChI is InChI=1S/C19H19N3O3S/c1-25-19-18(20-12-14-6-4-3-5-7-14)22-17(13-21-19)15-8-10-16(11-9-15)26(2,23)24/h3-11,13H,12H2,1-2H3,(H,20,22). The highest BCUT2D eigenvalue weighted by Crippen LogP contribution is 2.25. The van der Waals surface area contributed by atoms with Gasteiger partial charge in [-0.25, -0.2) is 18.4 Å². The lowest BCUT2D eigenvalue weighted by Gasteiger charge is -2.11. The van der Waals surface area contributed by atoms with Crippen LogP contribution in [0, 0.1) is 0 Å². The molecule has 1 aromatic heterocycles. The summed E-state index contributed by atoms with van der Waals surface area (Å²) < 4.78 is 28.4. The van der Waals surface area contributed by atoms with E-state index in [4.69, 9.17) is 4.74 Å². The summed E-state index contributed by atoms with van der Waals surface area (Å²) in [5.74, 6) is 0.929. The van der Waals surface area contributed by atoms with Crippen molar-refractivity contribution >= 4 is 15.7 Å². The van der Waals surface area contributed by atoms with Crippen molar-refractivity contribution < 1.29 is 13.2 Å². The highest BCUT2D eigenvalue weighted by atomic mass is 32.2. The first kappa shape index (κ1) is 17.9. The van der Waals surface area contributed by atoms with Gasteiger partial charge >= 0.3 is 0 Å². The molecule has 2 aromatic carbocycles. The Bertz CT molecular complexity index is 988. The summed E-state index contributed by atoms with van der Waals surface area (Å²) in [6.07, 6.45) is 2.78. The van der Waals surface area contributed by atoms with Crippen molar-refractivity contribution in [3.8, 4) is 17.1 Å². The minimum atomic E-state index is -3.23. The lowest BCUT2D eigenvalue weighted by molar-refractivity contribution is 0.398. The molecule has 7 heteroatoms. The quantitative estimate of drug-likeness (QED) is 0.719. The molecule has 0 unspecified atom stereocenters. The fourth-order valence-electron chi connectivity index (χ4n) is 2.44. The third-order valence-corrected chi connectivity index (χ3v) is 4.94. The van der Waals surface area contributed by atoms with E-state index in [1.54, 1.807) is 30.5 Å². The average molecular weight is 369 g/mol. The van der Waals surface area contributed by atoms with Crippen molar-refractivity contribution in [1.82, 2.24) is 9.97 Å². The van der Waals surface area contributed by atoms with E-state index < -0.39 is 9.84 Å². The van der Waals surface area contributed by atoms with E-state index >= 15 is 0 Å². The van der Waals surface area contributed by atoms with Crippen LogP contribution in [0.3, 0.4) is 0 Å². The van der Waals surface area contributed by atoms with Crippen molar-refractivity contribution in [2.75, 3.05) is 18.7 Å². The molecule has 0 saturated heterocycles. The monoisotopic (exact) mass is 369 g/mol. The fourth-order valence-corrected chi connectivity index (χ4v) is 3.07. The van der Waals surface area contributed by atoms with Crippen LogP contribution in [0.2, 0.25) is 0 Å². The first-order valence-electron chi connectivity index (χ1n) is 7.96. The highest BCUT2D eigenvalue weighted by Gasteiger charge is 2.11. The Morgan fingerprint density at radius 3 is 2.35 bits per heavy atom. The third kappa shape index (κ3) is 4.18. The topological polar surface area (TPSA) is 81.2 Å². The number of methoxy groups -OCH3 is 1. The number of aromatic nitrogens is 2. The van der Waals surface area contributed by atoms with Crippen molar-refractivity contribution in [3.05, 3.63) is 66.4 Å². The van der Waals surface area contributed by atoms with Crippen LogP contribution in [0.5, 0.6) is 5.88 Å². The number of rotatable bonds is 6. The molecule has 0 bridgehead atoms. The van der Waals surface area contributed by atoms with Gasteiger partial charge in [-0.05, 0) is 17.7 Å². The Hall–Kier alpha value is -2.93. The Balaban J connectivity index is 1.87. The Morgan fingerprint density at radius 2 is 1.73 bits per heavy atom. The number of ether oxygens (including phenoxy) is 1. The molecule has 1 N–H and O–H groups in total. The summed E-state index contributed by atoms with van der Waals surface area (Å²) in [7, 11) is -1.69. The van der Waals surface area contributed by atoms with Crippen LogP contribution in [0.15, 0.2) is 65.7 Å². The third-order valence-electron chi connectivity index (χ3n) is 3.81. The zero-order valence-electron chi connectivity index (χ0n) is 14.5. The number of benzene rings is 2. The van der Waals surface area contributed by atoms with Gasteiger partial charge < -0.3 is 10.1 Å². The van der Waals surface area contributed by atoms with Gasteiger partial charge in [-0.15, -0.1) is 0 Å². The van der Waals surface area contributed by atoms with Crippen LogP contribution in [-0.2, 0) is 16.4 Å². The SMILES string of the molecule is COc1ncc(-c2ccc(S(C)(=O)=O)cc2)nc1NCc1ccccc1. The fraction of sp³-hybridized carbons (Fsp3) is 0.158. The normalized spacial score (nSPS) is 11.2. The van der Waals surface area contributed by atoms with Gasteiger partial charge in [0.15, 0.2) is 15.7 Å². The van der Waals surface area contributed by atoms with Crippen LogP contribution < -0.4 is 10.1 Å². The van der Waals surface area contributed by atoms with Gasteiger partial charge in [0, 0.05) is 18.4 Å². The van der Waals surface area contributed by atoms with E-state index in [1.165, 1.54) is 13.4 Å². The van der Waals surface area contributed by atoms with Gasteiger partial charge in [0.1, 0.15) is 0 Å². The minimum Gasteiger partial charge on any atom is -0.478 e. The van der Waals surface area contributed by atoms with Crippen LogP contribution >= 0.6 is 0 Å². The van der Waals surface area contributed by atoms with Gasteiger partial charge in [-0.3, -0.25) is 0 Å². The molecule has 26 heavy (non-hydrogen) atoms. The Kier molecular flexibility index (Phi) is 5.18. The van der Waals surface area contributed by atoms with E-state index in [0.717, 1.165) is 11.1 Å². The molecule has 0 aliphatic carbocycles. The van der Waals surface area contributed by atoms with E-state index in [9.17, 15) is 8.42 Å². The van der Waals surface area contributed by atoms with E-state index in [1.807, 2.05) is 30.3 Å². The maximum Gasteiger partial charge on any atom is 0.257 e. The Morgan fingerprint density at radius 1 is 1.04 bits per heavy atom. The lowest BCUT2D eigenvalue weighted by atomic mass is 10.2. The Labute approximate surface area is 152 Å². The van der Waals surface area contributed by atoms with E-state index in [2.05, 4.69) is 15.3 Å². The second kappa shape index (κ2) is 7.53. The molecule has 6 nitrogen and oxygen atoms in total. The second-order valence-corrected chi connectivity index (χ2v) is 7.76. The van der Waals surface area contributed by atoms with Crippen LogP contribution in [0.4, 0.5) is 5.82 Å². The molecule has 3 rings (SSSR count). The first-order chi connectivity index (χ1) is 12.5. The molecular weight excluding hydrogens is 350 g/mol. The number of hydrogen-bond acceptors (Lipinski definition) is 6. The summed E-state index contributed by atoms with van der Waals surface area (Å²) in [5.41, 5.74) is 2.51. The van der Waals surface area contributed by atoms with Gasteiger partial charge in [0.25, 0.3) is 5.88 Å². The molecule has 0 amide bonds. The molecule has 1 heterocycles. The molecule has 0 fully saturated rings. The maximum atomic E-state index is 11.6. The average Bonchev–Trinajstić information content (AvgIpc) is 2.66. The van der Waals surface area contributed by atoms with Crippen LogP contribution in [-0.4, -0.2) is 31.8 Å². The summed E-state index contributed by atoms with van der Waals surface area (Å²) in [6.45, 7) is 0.586. The second-order valence-electron chi connectivity index (χ2n) is 5.75. The van der Waals surface area contributed by atoms with E-state index in [0.29, 0.717) is 23.9 Å². The lowest BCUT2D eigenvalue weighted by Crippen LogP contribution is -2.05. The van der Waals surface area contributed by atoms with Gasteiger partial charge in [-0.1, -0.05) is 42.5 Å². The summed E-state index contributed by atoms with van der Waals surface area (Å²) >= 11 is 0. The predicted octanol–water partition coefficient (Wildman–Crippen LogP) is 3.17. The maximum absolute atomic E-state index is 11.6. The zero-order chi connectivity index (χ0) is 18.6. The number of hydrogen-bond donors (Lipinski definition) is 1. The summed E-state index contributed by atoms with van der Waals surface area (Å²) in [4.78, 5) is 9.13. The van der Waals surface area contributed by atoms with Crippen molar-refractivity contribution in [2.24, 2.45) is 0 Å². The molecule has 0 spiro atoms. The molecule has 3 aromatic rings. The predicted molar refractivity (Wildman–Crippen MR) is 101 cm³/mol. The highest BCUT2D eigenvalue weighted by molar-refractivity contribution is 7.90. The molecule has 0 aliphatic heterocycles. The van der Waals surface area contributed by atoms with Gasteiger partial charge in [-0.2, -0.15) is 0 Å². The largest absolute Gasteiger partial charge is 0.478 e. The van der Waals surface area contributed by atoms with Crippen LogP contribution in [0.25, 0.3) is 11.3 Å². The van der Waals surface area contributed by atoms with E-state index in [-0.39, 0.29) is 4.90 Å². The van der Waals surface area contributed by atoms with Gasteiger partial charge in [0.2, 0.25) is 0 Å². The van der Waals surface area contributed by atoms with Crippen molar-refractivity contribution in [3.63, 3.8) is 0 Å². The minimum absolute atomic E-state index is 0.269. The molecule has 0 atom stereocenters. The summed E-state index contributed by atoms with van der Waals surface area (Å²) in [6, 6.07) is 16.5. The zero-order valence-corrected chi connectivity index (χ0v) is 15.3. The van der Waals surface area contributed by atoms with Crippen LogP contribution in [0.1, 0.15) is 5.56 Å². The number of anilines is 1. The number of sulfone groups is 1. The first-order valence-corrected chi connectivity index (χ1v) is 9.86.